The lowest BCUT2D eigenvalue weighted by molar-refractivity contribution is 0.100. The second kappa shape index (κ2) is 9.19. The molecule has 5 N–H and O–H groups in total. The van der Waals surface area contributed by atoms with Gasteiger partial charge in [0.25, 0.3) is 5.91 Å². The maximum atomic E-state index is 12.7. The van der Waals surface area contributed by atoms with Crippen LogP contribution in [0.2, 0.25) is 5.02 Å². The van der Waals surface area contributed by atoms with Gasteiger partial charge in [0.05, 0.1) is 17.8 Å². The summed E-state index contributed by atoms with van der Waals surface area (Å²) < 4.78 is 11.0. The van der Waals surface area contributed by atoms with Gasteiger partial charge in [-0.25, -0.2) is 0 Å². The molecule has 0 aliphatic carbocycles. The highest BCUT2D eigenvalue weighted by molar-refractivity contribution is 9.10. The number of halogens is 2. The fourth-order valence-electron chi connectivity index (χ4n) is 2.71. The van der Waals surface area contributed by atoms with Crippen molar-refractivity contribution in [2.45, 2.75) is 13.5 Å². The Morgan fingerprint density at radius 3 is 2.67 bits per heavy atom. The topological polar surface area (TPSA) is 129 Å². The Morgan fingerprint density at radius 2 is 2.03 bits per heavy atom. The fraction of sp³-hybridized carbons (Fsp3) is 0.150. The molecule has 0 fully saturated rings. The van der Waals surface area contributed by atoms with E-state index in [0.717, 1.165) is 5.56 Å². The molecule has 3 aromatic rings. The normalized spacial score (nSPS) is 11.4. The highest BCUT2D eigenvalue weighted by atomic mass is 79.9. The van der Waals surface area contributed by atoms with Crippen molar-refractivity contribution in [1.82, 2.24) is 10.5 Å². The number of carbonyl (C=O) groups excluding carboxylic acids is 1. The van der Waals surface area contributed by atoms with Crippen LogP contribution in [0, 0.1) is 6.92 Å². The Morgan fingerprint density at radius 1 is 1.33 bits per heavy atom. The lowest BCUT2D eigenvalue weighted by Crippen LogP contribution is -2.32. The van der Waals surface area contributed by atoms with Gasteiger partial charge in [0, 0.05) is 16.6 Å². The molecule has 3 rings (SSSR count). The molecule has 0 saturated carbocycles. The number of hydrogen-bond donors (Lipinski definition) is 3. The zero-order valence-electron chi connectivity index (χ0n) is 16.2. The van der Waals surface area contributed by atoms with Crippen LogP contribution in [-0.2, 0) is 6.54 Å². The van der Waals surface area contributed by atoms with Crippen LogP contribution < -0.4 is 21.5 Å². The molecule has 1 heterocycles. The summed E-state index contributed by atoms with van der Waals surface area (Å²) in [7, 11) is 1.58. The molecule has 0 bridgehead atoms. The number of methoxy groups -OCH3 is 1. The molecule has 0 spiro atoms. The third-order valence-electron chi connectivity index (χ3n) is 4.27. The van der Waals surface area contributed by atoms with Crippen molar-refractivity contribution in [3.05, 3.63) is 62.8 Å². The summed E-state index contributed by atoms with van der Waals surface area (Å²) in [5.41, 5.74) is 14.3. The number of benzene rings is 2. The summed E-state index contributed by atoms with van der Waals surface area (Å²) in [6.07, 6.45) is 0. The third-order valence-corrected chi connectivity index (χ3v) is 5.24. The molecular formula is C20H19BrClN5O3. The predicted octanol–water partition coefficient (Wildman–Crippen LogP) is 3.90. The van der Waals surface area contributed by atoms with Crippen molar-refractivity contribution in [3.63, 3.8) is 0 Å². The first-order valence-corrected chi connectivity index (χ1v) is 9.93. The Labute approximate surface area is 186 Å². The number of ether oxygens (including phenoxy) is 1. The largest absolute Gasteiger partial charge is 0.497 e. The van der Waals surface area contributed by atoms with Crippen LogP contribution in [0.15, 0.2) is 50.4 Å². The first kappa shape index (κ1) is 21.7. The average molecular weight is 493 g/mol. The van der Waals surface area contributed by atoms with Gasteiger partial charge in [-0.3, -0.25) is 4.79 Å². The van der Waals surface area contributed by atoms with Crippen molar-refractivity contribution in [3.8, 4) is 17.0 Å². The van der Waals surface area contributed by atoms with Crippen LogP contribution in [0.5, 0.6) is 5.75 Å². The van der Waals surface area contributed by atoms with Crippen molar-refractivity contribution < 1.29 is 14.1 Å². The number of nitrogens with two attached hydrogens (primary N) is 2. The number of aliphatic imine (C=N–C) groups is 1. The third kappa shape index (κ3) is 4.74. The molecule has 0 unspecified atom stereocenters. The Balaban J connectivity index is 1.78. The van der Waals surface area contributed by atoms with E-state index in [4.69, 9.17) is 32.3 Å². The van der Waals surface area contributed by atoms with Gasteiger partial charge in [0.2, 0.25) is 0 Å². The second-order valence-electron chi connectivity index (χ2n) is 6.32. The summed E-state index contributed by atoms with van der Waals surface area (Å²) >= 11 is 9.41. The molecule has 1 aromatic heterocycles. The first-order valence-electron chi connectivity index (χ1n) is 8.76. The number of guanidine groups is 1. The van der Waals surface area contributed by atoms with Gasteiger partial charge >= 0.3 is 0 Å². The number of nitrogens with one attached hydrogen (secondary N) is 1. The summed E-state index contributed by atoms with van der Waals surface area (Å²) in [4.78, 5) is 16.7. The highest BCUT2D eigenvalue weighted by Gasteiger charge is 2.21. The van der Waals surface area contributed by atoms with Crippen molar-refractivity contribution in [2.75, 3.05) is 12.8 Å². The van der Waals surface area contributed by atoms with E-state index in [2.05, 4.69) is 31.4 Å². The quantitative estimate of drug-likeness (QED) is 0.280. The van der Waals surface area contributed by atoms with E-state index in [1.165, 1.54) is 0 Å². The highest BCUT2D eigenvalue weighted by Crippen LogP contribution is 2.29. The Bertz CT molecular complexity index is 1090. The summed E-state index contributed by atoms with van der Waals surface area (Å²) in [5.74, 6) is 0.413. The first-order chi connectivity index (χ1) is 14.3. The monoisotopic (exact) mass is 491 g/mol. The number of nitrogens with zero attached hydrogens (tertiary/aromatic N) is 2. The van der Waals surface area contributed by atoms with Gasteiger partial charge in [-0.15, -0.1) is 0 Å². The number of hydrogen-bond acceptors (Lipinski definition) is 5. The summed E-state index contributed by atoms with van der Waals surface area (Å²) in [6, 6.07) is 10.6. The molecule has 8 nitrogen and oxygen atoms in total. The second-order valence-corrected chi connectivity index (χ2v) is 7.58. The molecule has 10 heteroatoms. The number of anilines is 1. The van der Waals surface area contributed by atoms with Crippen LogP contribution in [0.3, 0.4) is 0 Å². The minimum absolute atomic E-state index is 0.0506. The summed E-state index contributed by atoms with van der Waals surface area (Å²) in [5, 5.41) is 7.28. The lowest BCUT2D eigenvalue weighted by atomic mass is 10.1. The molecule has 156 valence electrons. The van der Waals surface area contributed by atoms with Crippen molar-refractivity contribution in [2.24, 2.45) is 10.7 Å². The van der Waals surface area contributed by atoms with Crippen LogP contribution in [0.4, 0.5) is 5.69 Å². The van der Waals surface area contributed by atoms with E-state index in [1.54, 1.807) is 50.4 Å². The SMILES string of the molecule is COc1ccc(-c2noc(C)c2C(=O)/N=C(/N)NCc2cc(Cl)c(N)c(Br)c2)cc1. The van der Waals surface area contributed by atoms with Gasteiger partial charge in [-0.05, 0) is 64.8 Å². The zero-order valence-corrected chi connectivity index (χ0v) is 18.5. The van der Waals surface area contributed by atoms with Crippen LogP contribution in [0.1, 0.15) is 21.7 Å². The van der Waals surface area contributed by atoms with E-state index in [0.29, 0.717) is 44.5 Å². The molecule has 0 atom stereocenters. The van der Waals surface area contributed by atoms with E-state index < -0.39 is 5.91 Å². The molecule has 0 radical (unpaired) electrons. The Hall–Kier alpha value is -3.04. The Kier molecular flexibility index (Phi) is 6.63. The van der Waals surface area contributed by atoms with Gasteiger partial charge in [0.15, 0.2) is 5.96 Å². The van der Waals surface area contributed by atoms with Crippen LogP contribution in [0.25, 0.3) is 11.3 Å². The smallest absolute Gasteiger partial charge is 0.286 e. The number of rotatable bonds is 5. The maximum Gasteiger partial charge on any atom is 0.286 e. The number of aromatic nitrogens is 1. The van der Waals surface area contributed by atoms with Gasteiger partial charge in [0.1, 0.15) is 22.8 Å². The van der Waals surface area contributed by atoms with Gasteiger partial charge in [-0.2, -0.15) is 4.99 Å². The summed E-state index contributed by atoms with van der Waals surface area (Å²) in [6.45, 7) is 1.94. The van der Waals surface area contributed by atoms with E-state index in [9.17, 15) is 4.79 Å². The van der Waals surface area contributed by atoms with Gasteiger partial charge < -0.3 is 26.0 Å². The van der Waals surface area contributed by atoms with Crippen molar-refractivity contribution in [1.29, 1.82) is 0 Å². The fourth-order valence-corrected chi connectivity index (χ4v) is 3.57. The number of nitrogen functional groups attached to an aromatic ring is 1. The number of carbonyl (C=O) groups is 1. The average Bonchev–Trinajstić information content (AvgIpc) is 3.12. The van der Waals surface area contributed by atoms with Crippen LogP contribution >= 0.6 is 27.5 Å². The zero-order chi connectivity index (χ0) is 21.8. The molecule has 30 heavy (non-hydrogen) atoms. The van der Waals surface area contributed by atoms with Crippen LogP contribution in [-0.4, -0.2) is 24.1 Å². The van der Waals surface area contributed by atoms with E-state index in [1.807, 2.05) is 0 Å². The van der Waals surface area contributed by atoms with E-state index >= 15 is 0 Å². The van der Waals surface area contributed by atoms with E-state index in [-0.39, 0.29) is 11.5 Å². The standard InChI is InChI=1S/C20H19BrClN5O3/c1-10-16(18(27-30-10)12-3-5-13(29-2)6-4-12)19(28)26-20(24)25-9-11-7-14(21)17(23)15(22)8-11/h3-8H,9,23H2,1-2H3,(H3,24,25,26,28). The molecular weight excluding hydrogens is 474 g/mol. The lowest BCUT2D eigenvalue weighted by Gasteiger charge is -2.08. The molecule has 1 amide bonds. The molecule has 0 aliphatic rings. The molecule has 2 aromatic carbocycles. The van der Waals surface area contributed by atoms with Crippen molar-refractivity contribution >= 4 is 45.1 Å². The minimum atomic E-state index is -0.568. The number of aryl methyl sites for hydroxylation is 1. The molecule has 0 saturated heterocycles. The minimum Gasteiger partial charge on any atom is -0.497 e. The predicted molar refractivity (Wildman–Crippen MR) is 120 cm³/mol. The maximum absolute atomic E-state index is 12.7. The van der Waals surface area contributed by atoms with Gasteiger partial charge in [-0.1, -0.05) is 16.8 Å². The number of amides is 1. The molecule has 0 aliphatic heterocycles.